The molecule has 0 atom stereocenters. The lowest BCUT2D eigenvalue weighted by molar-refractivity contribution is -0.274. The fraction of sp³-hybridized carbons (Fsp3) is 0.222. The van der Waals surface area contributed by atoms with Crippen LogP contribution in [0.15, 0.2) is 18.2 Å². The Kier molecular flexibility index (Phi) is 3.36. The number of halogens is 4. The molecule has 0 spiro atoms. The Morgan fingerprint density at radius 3 is 2.44 bits per heavy atom. The van der Waals surface area contributed by atoms with Gasteiger partial charge in [-0.25, -0.2) is 9.18 Å². The van der Waals surface area contributed by atoms with Crippen molar-refractivity contribution in [2.75, 3.05) is 7.11 Å². The molecule has 1 rings (SSSR count). The number of ether oxygens (including phenoxy) is 2. The number of hydrogen-bond donors (Lipinski definition) is 0. The van der Waals surface area contributed by atoms with Gasteiger partial charge in [-0.05, 0) is 12.1 Å². The van der Waals surface area contributed by atoms with Crippen LogP contribution in [0.4, 0.5) is 17.6 Å². The van der Waals surface area contributed by atoms with Gasteiger partial charge in [-0.3, -0.25) is 0 Å². The predicted molar refractivity (Wildman–Crippen MR) is 44.4 cm³/mol. The molecular formula is C9H6F4O3. The van der Waals surface area contributed by atoms with E-state index in [0.29, 0.717) is 6.07 Å². The summed E-state index contributed by atoms with van der Waals surface area (Å²) < 4.78 is 56.2. The minimum absolute atomic E-state index is 0.458. The lowest BCUT2D eigenvalue weighted by atomic mass is 10.2. The Morgan fingerprint density at radius 2 is 1.94 bits per heavy atom. The van der Waals surface area contributed by atoms with Crippen LogP contribution in [-0.4, -0.2) is 19.4 Å². The number of methoxy groups -OCH3 is 1. The van der Waals surface area contributed by atoms with Crippen LogP contribution in [0.1, 0.15) is 10.4 Å². The van der Waals surface area contributed by atoms with Gasteiger partial charge < -0.3 is 9.47 Å². The molecule has 0 unspecified atom stereocenters. The third-order valence-corrected chi connectivity index (χ3v) is 1.57. The van der Waals surface area contributed by atoms with Gasteiger partial charge in [-0.15, -0.1) is 13.2 Å². The van der Waals surface area contributed by atoms with Crippen molar-refractivity contribution in [1.82, 2.24) is 0 Å². The molecule has 1 aromatic carbocycles. The van der Waals surface area contributed by atoms with Crippen LogP contribution in [-0.2, 0) is 4.74 Å². The standard InChI is InChI=1S/C9H6F4O3/c1-15-8(14)6-3-2-5(10)4-7(6)16-9(11,12)13/h2-4H,1H3. The fourth-order valence-corrected chi connectivity index (χ4v) is 0.984. The summed E-state index contributed by atoms with van der Waals surface area (Å²) in [6.07, 6.45) is -5.00. The number of esters is 1. The Balaban J connectivity index is 3.13. The van der Waals surface area contributed by atoms with E-state index in [4.69, 9.17) is 0 Å². The molecule has 88 valence electrons. The topological polar surface area (TPSA) is 35.5 Å². The quantitative estimate of drug-likeness (QED) is 0.586. The van der Waals surface area contributed by atoms with Gasteiger partial charge in [0.1, 0.15) is 17.1 Å². The van der Waals surface area contributed by atoms with Crippen LogP contribution >= 0.6 is 0 Å². The Hall–Kier alpha value is -1.79. The van der Waals surface area contributed by atoms with Gasteiger partial charge in [0, 0.05) is 6.07 Å². The molecule has 0 bridgehead atoms. The molecule has 0 aromatic heterocycles. The predicted octanol–water partition coefficient (Wildman–Crippen LogP) is 2.51. The lowest BCUT2D eigenvalue weighted by Crippen LogP contribution is -2.19. The average molecular weight is 238 g/mol. The van der Waals surface area contributed by atoms with Crippen molar-refractivity contribution in [3.63, 3.8) is 0 Å². The van der Waals surface area contributed by atoms with Crippen LogP contribution in [0, 0.1) is 5.82 Å². The van der Waals surface area contributed by atoms with Gasteiger partial charge >= 0.3 is 12.3 Å². The largest absolute Gasteiger partial charge is 0.573 e. The monoisotopic (exact) mass is 238 g/mol. The molecule has 0 aliphatic carbocycles. The molecule has 0 saturated carbocycles. The number of rotatable bonds is 2. The summed E-state index contributed by atoms with van der Waals surface area (Å²) in [5, 5.41) is 0. The van der Waals surface area contributed by atoms with Gasteiger partial charge in [0.15, 0.2) is 0 Å². The van der Waals surface area contributed by atoms with Crippen molar-refractivity contribution in [3.05, 3.63) is 29.6 Å². The van der Waals surface area contributed by atoms with Crippen molar-refractivity contribution in [2.45, 2.75) is 6.36 Å². The second-order valence-corrected chi connectivity index (χ2v) is 2.68. The number of carbonyl (C=O) groups is 1. The molecule has 0 aliphatic heterocycles. The van der Waals surface area contributed by atoms with Gasteiger partial charge in [0.05, 0.1) is 7.11 Å². The highest BCUT2D eigenvalue weighted by molar-refractivity contribution is 5.92. The third kappa shape index (κ3) is 3.11. The van der Waals surface area contributed by atoms with Crippen LogP contribution in [0.3, 0.4) is 0 Å². The first kappa shape index (κ1) is 12.3. The molecule has 0 saturated heterocycles. The Bertz CT molecular complexity index is 400. The Morgan fingerprint density at radius 1 is 1.31 bits per heavy atom. The van der Waals surface area contributed by atoms with E-state index in [9.17, 15) is 22.4 Å². The van der Waals surface area contributed by atoms with Gasteiger partial charge in [0.25, 0.3) is 0 Å². The molecular weight excluding hydrogens is 232 g/mol. The molecule has 0 amide bonds. The summed E-state index contributed by atoms with van der Waals surface area (Å²) in [5.41, 5.74) is -0.499. The summed E-state index contributed by atoms with van der Waals surface area (Å²) in [6, 6.07) is 2.14. The summed E-state index contributed by atoms with van der Waals surface area (Å²) in [5.74, 6) is -2.93. The fourth-order valence-electron chi connectivity index (χ4n) is 0.984. The van der Waals surface area contributed by atoms with Crippen LogP contribution in [0.5, 0.6) is 5.75 Å². The van der Waals surface area contributed by atoms with E-state index in [1.54, 1.807) is 0 Å². The number of hydrogen-bond acceptors (Lipinski definition) is 3. The number of benzene rings is 1. The first-order valence-corrected chi connectivity index (χ1v) is 3.97. The highest BCUT2D eigenvalue weighted by Crippen LogP contribution is 2.27. The van der Waals surface area contributed by atoms with Gasteiger partial charge in [0.2, 0.25) is 0 Å². The maximum Gasteiger partial charge on any atom is 0.573 e. The highest BCUT2D eigenvalue weighted by atomic mass is 19.4. The molecule has 0 heterocycles. The van der Waals surface area contributed by atoms with E-state index in [1.165, 1.54) is 0 Å². The molecule has 16 heavy (non-hydrogen) atoms. The maximum atomic E-state index is 12.7. The minimum atomic E-state index is -5.00. The zero-order chi connectivity index (χ0) is 12.3. The van der Waals surface area contributed by atoms with Gasteiger partial charge in [-0.2, -0.15) is 0 Å². The van der Waals surface area contributed by atoms with Crippen molar-refractivity contribution >= 4 is 5.97 Å². The maximum absolute atomic E-state index is 12.7. The first-order chi connectivity index (χ1) is 7.33. The van der Waals surface area contributed by atoms with E-state index in [-0.39, 0.29) is 0 Å². The average Bonchev–Trinajstić information content (AvgIpc) is 2.14. The minimum Gasteiger partial charge on any atom is -0.465 e. The van der Waals surface area contributed by atoms with Crippen molar-refractivity contribution in [2.24, 2.45) is 0 Å². The smallest absolute Gasteiger partial charge is 0.465 e. The van der Waals surface area contributed by atoms with Crippen molar-refractivity contribution in [3.8, 4) is 5.75 Å². The van der Waals surface area contributed by atoms with Crippen LogP contribution in [0.25, 0.3) is 0 Å². The van der Waals surface area contributed by atoms with E-state index < -0.39 is 29.5 Å². The summed E-state index contributed by atoms with van der Waals surface area (Å²) in [6.45, 7) is 0. The van der Waals surface area contributed by atoms with Crippen LogP contribution in [0.2, 0.25) is 0 Å². The molecule has 0 fully saturated rings. The molecule has 7 heteroatoms. The lowest BCUT2D eigenvalue weighted by Gasteiger charge is -2.11. The van der Waals surface area contributed by atoms with Crippen LogP contribution < -0.4 is 4.74 Å². The number of carbonyl (C=O) groups excluding carboxylic acids is 1. The zero-order valence-electron chi connectivity index (χ0n) is 7.97. The SMILES string of the molecule is COC(=O)c1ccc(F)cc1OC(F)(F)F. The third-order valence-electron chi connectivity index (χ3n) is 1.57. The van der Waals surface area contributed by atoms with E-state index in [0.717, 1.165) is 19.2 Å². The number of alkyl halides is 3. The molecule has 0 N–H and O–H groups in total. The van der Waals surface area contributed by atoms with E-state index in [2.05, 4.69) is 9.47 Å². The van der Waals surface area contributed by atoms with Crippen molar-refractivity contribution < 1.29 is 31.8 Å². The molecule has 3 nitrogen and oxygen atoms in total. The highest BCUT2D eigenvalue weighted by Gasteiger charge is 2.33. The summed E-state index contributed by atoms with van der Waals surface area (Å²) in [7, 11) is 0.989. The molecule has 1 aromatic rings. The summed E-state index contributed by atoms with van der Waals surface area (Å²) >= 11 is 0. The van der Waals surface area contributed by atoms with Gasteiger partial charge in [-0.1, -0.05) is 0 Å². The molecule has 0 radical (unpaired) electrons. The summed E-state index contributed by atoms with van der Waals surface area (Å²) in [4.78, 5) is 11.0. The molecule has 0 aliphatic rings. The van der Waals surface area contributed by atoms with E-state index in [1.807, 2.05) is 0 Å². The van der Waals surface area contributed by atoms with Crippen molar-refractivity contribution in [1.29, 1.82) is 0 Å². The second kappa shape index (κ2) is 4.38. The second-order valence-electron chi connectivity index (χ2n) is 2.68. The zero-order valence-corrected chi connectivity index (χ0v) is 7.97. The Labute approximate surface area is 87.6 Å². The normalized spacial score (nSPS) is 11.1. The first-order valence-electron chi connectivity index (χ1n) is 3.97. The van der Waals surface area contributed by atoms with E-state index >= 15 is 0 Å².